The fourth-order valence-electron chi connectivity index (χ4n) is 2.43. The third-order valence-corrected chi connectivity index (χ3v) is 3.37. The maximum atomic E-state index is 13.0. The van der Waals surface area contributed by atoms with Crippen LogP contribution in [0.1, 0.15) is 33.1 Å². The van der Waals surface area contributed by atoms with E-state index in [1.165, 1.54) is 25.9 Å². The first-order valence-electron chi connectivity index (χ1n) is 6.32. The average molecular weight is 216 g/mol. The second kappa shape index (κ2) is 6.44. The first-order chi connectivity index (χ1) is 7.25. The third kappa shape index (κ3) is 3.72. The minimum absolute atomic E-state index is 0.556. The summed E-state index contributed by atoms with van der Waals surface area (Å²) in [7, 11) is 2.16. The second-order valence-corrected chi connectivity index (χ2v) is 4.42. The van der Waals surface area contributed by atoms with Gasteiger partial charge in [-0.3, -0.25) is 4.90 Å². The average Bonchev–Trinajstić information content (AvgIpc) is 2.69. The Labute approximate surface area is 93.4 Å². The molecule has 0 aromatic heterocycles. The maximum Gasteiger partial charge on any atom is 0.114 e. The number of halogens is 1. The van der Waals surface area contributed by atoms with Crippen molar-refractivity contribution in [3.05, 3.63) is 0 Å². The van der Waals surface area contributed by atoms with Gasteiger partial charge in [-0.2, -0.15) is 0 Å². The predicted molar refractivity (Wildman–Crippen MR) is 63.0 cm³/mol. The highest BCUT2D eigenvalue weighted by Crippen LogP contribution is 2.21. The standard InChI is InChI=1S/C10H19FN2.C2H6/c1-12-5-3-10(4-6-12)13-7-2-9(11)8-13;1-2/h9-10H,2-8H2,1H3;1-2H3. The highest BCUT2D eigenvalue weighted by Gasteiger charge is 2.29. The Morgan fingerprint density at radius 3 is 2.07 bits per heavy atom. The Kier molecular flexibility index (Phi) is 5.54. The van der Waals surface area contributed by atoms with Gasteiger partial charge in [0.05, 0.1) is 0 Å². The topological polar surface area (TPSA) is 6.48 Å². The normalized spacial score (nSPS) is 30.0. The number of rotatable bonds is 1. The Balaban J connectivity index is 0.000000531. The number of hydrogen-bond acceptors (Lipinski definition) is 2. The molecule has 2 aliphatic heterocycles. The van der Waals surface area contributed by atoms with Gasteiger partial charge in [-0.1, -0.05) is 13.8 Å². The van der Waals surface area contributed by atoms with Gasteiger partial charge in [0.25, 0.3) is 0 Å². The van der Waals surface area contributed by atoms with E-state index >= 15 is 0 Å². The summed E-state index contributed by atoms with van der Waals surface area (Å²) in [6.07, 6.45) is 2.65. The van der Waals surface area contributed by atoms with Crippen LogP contribution in [0, 0.1) is 0 Å². The van der Waals surface area contributed by atoms with E-state index in [2.05, 4.69) is 16.8 Å². The van der Waals surface area contributed by atoms with E-state index in [0.29, 0.717) is 12.6 Å². The third-order valence-electron chi connectivity index (χ3n) is 3.37. The zero-order valence-electron chi connectivity index (χ0n) is 10.4. The first kappa shape index (κ1) is 12.9. The molecular formula is C12H25FN2. The number of likely N-dealkylation sites (tertiary alicyclic amines) is 2. The van der Waals surface area contributed by atoms with Gasteiger partial charge < -0.3 is 4.90 Å². The molecule has 1 atom stereocenters. The van der Waals surface area contributed by atoms with E-state index < -0.39 is 6.17 Å². The quantitative estimate of drug-likeness (QED) is 0.662. The molecule has 0 bridgehead atoms. The van der Waals surface area contributed by atoms with Gasteiger partial charge in [-0.25, -0.2) is 4.39 Å². The number of piperidine rings is 1. The van der Waals surface area contributed by atoms with E-state index in [1.807, 2.05) is 13.8 Å². The summed E-state index contributed by atoms with van der Waals surface area (Å²) < 4.78 is 13.0. The first-order valence-corrected chi connectivity index (χ1v) is 6.32. The van der Waals surface area contributed by atoms with Crippen LogP contribution < -0.4 is 0 Å². The van der Waals surface area contributed by atoms with Gasteiger partial charge in [0, 0.05) is 19.1 Å². The molecule has 0 radical (unpaired) electrons. The second-order valence-electron chi connectivity index (χ2n) is 4.42. The van der Waals surface area contributed by atoms with Gasteiger partial charge >= 0.3 is 0 Å². The van der Waals surface area contributed by atoms with Gasteiger partial charge in [0.2, 0.25) is 0 Å². The molecule has 2 rings (SSSR count). The number of nitrogens with zero attached hydrogens (tertiary/aromatic N) is 2. The molecule has 0 aromatic carbocycles. The molecule has 0 N–H and O–H groups in total. The van der Waals surface area contributed by atoms with Gasteiger partial charge in [0.15, 0.2) is 0 Å². The van der Waals surface area contributed by atoms with E-state index in [0.717, 1.165) is 13.0 Å². The molecule has 15 heavy (non-hydrogen) atoms. The minimum atomic E-state index is -0.556. The van der Waals surface area contributed by atoms with Gasteiger partial charge in [-0.15, -0.1) is 0 Å². The van der Waals surface area contributed by atoms with Crippen LogP contribution in [0.25, 0.3) is 0 Å². The predicted octanol–water partition coefficient (Wildman–Crippen LogP) is 2.15. The van der Waals surface area contributed by atoms with Crippen LogP contribution in [0.2, 0.25) is 0 Å². The lowest BCUT2D eigenvalue weighted by atomic mass is 10.0. The molecule has 0 amide bonds. The van der Waals surface area contributed by atoms with Crippen molar-refractivity contribution in [2.24, 2.45) is 0 Å². The summed E-state index contributed by atoms with van der Waals surface area (Å²) in [5.41, 5.74) is 0. The van der Waals surface area contributed by atoms with Crippen LogP contribution in [-0.2, 0) is 0 Å². The van der Waals surface area contributed by atoms with Crippen molar-refractivity contribution in [1.82, 2.24) is 9.80 Å². The van der Waals surface area contributed by atoms with Crippen molar-refractivity contribution < 1.29 is 4.39 Å². The molecule has 3 heteroatoms. The molecule has 0 saturated carbocycles. The molecule has 2 saturated heterocycles. The molecule has 1 unspecified atom stereocenters. The molecular weight excluding hydrogens is 191 g/mol. The Hall–Kier alpha value is -0.150. The van der Waals surface area contributed by atoms with Crippen molar-refractivity contribution in [2.45, 2.75) is 45.3 Å². The lowest BCUT2D eigenvalue weighted by molar-refractivity contribution is 0.136. The smallest absolute Gasteiger partial charge is 0.114 e. The molecule has 2 nitrogen and oxygen atoms in total. The Morgan fingerprint density at radius 2 is 1.60 bits per heavy atom. The molecule has 0 aromatic rings. The summed E-state index contributed by atoms with van der Waals surface area (Å²) in [6.45, 7) is 8.03. The van der Waals surface area contributed by atoms with Crippen LogP contribution in [-0.4, -0.2) is 55.2 Å². The van der Waals surface area contributed by atoms with Crippen LogP contribution in [0.4, 0.5) is 4.39 Å². The summed E-state index contributed by atoms with van der Waals surface area (Å²) in [5, 5.41) is 0. The summed E-state index contributed by atoms with van der Waals surface area (Å²) in [4.78, 5) is 4.71. The molecule has 2 heterocycles. The number of alkyl halides is 1. The molecule has 2 fully saturated rings. The molecule has 0 aliphatic carbocycles. The van der Waals surface area contributed by atoms with Crippen LogP contribution in [0.3, 0.4) is 0 Å². The monoisotopic (exact) mass is 216 g/mol. The fourth-order valence-corrected chi connectivity index (χ4v) is 2.43. The van der Waals surface area contributed by atoms with Crippen molar-refractivity contribution >= 4 is 0 Å². The van der Waals surface area contributed by atoms with Crippen molar-refractivity contribution in [1.29, 1.82) is 0 Å². The van der Waals surface area contributed by atoms with Crippen molar-refractivity contribution in [3.63, 3.8) is 0 Å². The largest absolute Gasteiger partial charge is 0.306 e. The molecule has 0 spiro atoms. The van der Waals surface area contributed by atoms with E-state index in [1.54, 1.807) is 0 Å². The van der Waals surface area contributed by atoms with E-state index in [9.17, 15) is 4.39 Å². The maximum absolute atomic E-state index is 13.0. The fraction of sp³-hybridized carbons (Fsp3) is 1.00. The lowest BCUT2D eigenvalue weighted by Gasteiger charge is -2.34. The lowest BCUT2D eigenvalue weighted by Crippen LogP contribution is -2.42. The highest BCUT2D eigenvalue weighted by molar-refractivity contribution is 4.84. The van der Waals surface area contributed by atoms with Crippen molar-refractivity contribution in [2.75, 3.05) is 33.2 Å². The van der Waals surface area contributed by atoms with Crippen LogP contribution in [0.5, 0.6) is 0 Å². The number of hydrogen-bond donors (Lipinski definition) is 0. The summed E-state index contributed by atoms with van der Waals surface area (Å²) in [5.74, 6) is 0. The van der Waals surface area contributed by atoms with Crippen molar-refractivity contribution in [3.8, 4) is 0 Å². The van der Waals surface area contributed by atoms with Crippen LogP contribution in [0.15, 0.2) is 0 Å². The summed E-state index contributed by atoms with van der Waals surface area (Å²) in [6, 6.07) is 0.664. The van der Waals surface area contributed by atoms with Gasteiger partial charge in [0.1, 0.15) is 6.17 Å². The van der Waals surface area contributed by atoms with Crippen LogP contribution >= 0.6 is 0 Å². The highest BCUT2D eigenvalue weighted by atomic mass is 19.1. The summed E-state index contributed by atoms with van der Waals surface area (Å²) >= 11 is 0. The van der Waals surface area contributed by atoms with Gasteiger partial charge in [-0.05, 0) is 39.4 Å². The van der Waals surface area contributed by atoms with E-state index in [-0.39, 0.29) is 0 Å². The molecule has 2 aliphatic rings. The Bertz CT molecular complexity index is 167. The zero-order valence-corrected chi connectivity index (χ0v) is 10.4. The SMILES string of the molecule is CC.CN1CCC(N2CCC(F)C2)CC1. The van der Waals surface area contributed by atoms with E-state index in [4.69, 9.17) is 0 Å². The zero-order chi connectivity index (χ0) is 11.3. The minimum Gasteiger partial charge on any atom is -0.306 e. The Morgan fingerprint density at radius 1 is 1.00 bits per heavy atom. The molecule has 90 valence electrons.